The van der Waals surface area contributed by atoms with Crippen LogP contribution in [0.25, 0.3) is 6.08 Å². The van der Waals surface area contributed by atoms with Crippen molar-refractivity contribution >= 4 is 46.9 Å². The molecule has 0 bridgehead atoms. The van der Waals surface area contributed by atoms with Crippen molar-refractivity contribution in [2.45, 2.75) is 18.7 Å². The zero-order valence-corrected chi connectivity index (χ0v) is 21.8. The zero-order chi connectivity index (χ0) is 26.9. The molecule has 1 aromatic heterocycles. The van der Waals surface area contributed by atoms with Crippen LogP contribution < -0.4 is 16.0 Å². The summed E-state index contributed by atoms with van der Waals surface area (Å²) in [6.45, 7) is 3.97. The first kappa shape index (κ1) is 26.5. The number of aryl methyl sites for hydroxylation is 2. The summed E-state index contributed by atoms with van der Waals surface area (Å²) in [6, 6.07) is 25.1. The molecule has 3 amide bonds. The zero-order valence-electron chi connectivity index (χ0n) is 21.0. The second-order valence-electron chi connectivity index (χ2n) is 8.59. The first-order chi connectivity index (χ1) is 18.4. The molecule has 8 heteroatoms. The van der Waals surface area contributed by atoms with Gasteiger partial charge in [0.05, 0.1) is 12.0 Å². The molecule has 3 aromatic carbocycles. The molecule has 0 saturated heterocycles. The average Bonchev–Trinajstić information content (AvgIpc) is 3.40. The van der Waals surface area contributed by atoms with Gasteiger partial charge in [-0.15, -0.1) is 11.8 Å². The molecule has 192 valence electrons. The molecule has 0 aliphatic carbocycles. The number of furan rings is 1. The highest BCUT2D eigenvalue weighted by atomic mass is 32.2. The molecule has 0 radical (unpaired) electrons. The summed E-state index contributed by atoms with van der Waals surface area (Å²) in [5, 5.41) is 8.41. The van der Waals surface area contributed by atoms with E-state index in [9.17, 15) is 14.4 Å². The Labute approximate surface area is 225 Å². The highest BCUT2D eigenvalue weighted by Crippen LogP contribution is 2.23. The molecule has 4 rings (SSSR count). The monoisotopic (exact) mass is 525 g/mol. The van der Waals surface area contributed by atoms with Crippen molar-refractivity contribution in [3.05, 3.63) is 119 Å². The van der Waals surface area contributed by atoms with Gasteiger partial charge in [-0.25, -0.2) is 0 Å². The number of benzene rings is 3. The molecule has 4 aromatic rings. The predicted octanol–water partition coefficient (Wildman–Crippen LogP) is 6.04. The van der Waals surface area contributed by atoms with E-state index in [1.165, 1.54) is 24.1 Å². The normalized spacial score (nSPS) is 11.1. The SMILES string of the molecule is Cc1cc(C)cc(NC(=O)CSc2cccc(NC(=O)/C(=C/c3ccco3)NC(=O)c3ccccc3)c2)c1. The van der Waals surface area contributed by atoms with Crippen LogP contribution in [0.1, 0.15) is 27.2 Å². The molecule has 0 fully saturated rings. The Balaban J connectivity index is 1.41. The van der Waals surface area contributed by atoms with Gasteiger partial charge in [-0.05, 0) is 79.6 Å². The largest absolute Gasteiger partial charge is 0.465 e. The Morgan fingerprint density at radius 2 is 1.58 bits per heavy atom. The van der Waals surface area contributed by atoms with Gasteiger partial charge in [0.25, 0.3) is 11.8 Å². The first-order valence-corrected chi connectivity index (χ1v) is 12.9. The Morgan fingerprint density at radius 1 is 0.816 bits per heavy atom. The van der Waals surface area contributed by atoms with Gasteiger partial charge in [0.1, 0.15) is 11.5 Å². The lowest BCUT2D eigenvalue weighted by atomic mass is 10.1. The third kappa shape index (κ3) is 7.72. The highest BCUT2D eigenvalue weighted by molar-refractivity contribution is 8.00. The standard InChI is InChI=1S/C30H27N3O4S/c1-20-14-21(2)16-24(15-20)31-28(34)19-38-26-12-6-10-23(17-26)32-30(36)27(18-25-11-7-13-37-25)33-29(35)22-8-4-3-5-9-22/h3-18H,19H2,1-2H3,(H,31,34)(H,32,36)(H,33,35)/b27-18-. The quantitative estimate of drug-likeness (QED) is 0.183. The number of carbonyl (C=O) groups is 3. The Morgan fingerprint density at radius 3 is 2.29 bits per heavy atom. The van der Waals surface area contributed by atoms with Crippen LogP contribution in [-0.2, 0) is 9.59 Å². The second-order valence-corrected chi connectivity index (χ2v) is 9.64. The topological polar surface area (TPSA) is 100 Å². The summed E-state index contributed by atoms with van der Waals surface area (Å²) in [5.74, 6) is -0.427. The number of hydrogen-bond acceptors (Lipinski definition) is 5. The average molecular weight is 526 g/mol. The number of amides is 3. The summed E-state index contributed by atoms with van der Waals surface area (Å²) < 4.78 is 5.33. The Bertz CT molecular complexity index is 1440. The Hall–Kier alpha value is -4.56. The maximum absolute atomic E-state index is 13.1. The number of anilines is 2. The fraction of sp³-hybridized carbons (Fsp3) is 0.100. The number of carbonyl (C=O) groups excluding carboxylic acids is 3. The first-order valence-electron chi connectivity index (χ1n) is 11.9. The van der Waals surface area contributed by atoms with Crippen molar-refractivity contribution in [1.82, 2.24) is 5.32 Å². The molecular formula is C30H27N3O4S. The maximum atomic E-state index is 13.1. The molecule has 0 saturated carbocycles. The third-order valence-corrected chi connectivity index (χ3v) is 6.32. The van der Waals surface area contributed by atoms with Gasteiger partial charge in [0.2, 0.25) is 5.91 Å². The van der Waals surface area contributed by atoms with Crippen molar-refractivity contribution < 1.29 is 18.8 Å². The van der Waals surface area contributed by atoms with Crippen molar-refractivity contribution in [2.75, 3.05) is 16.4 Å². The lowest BCUT2D eigenvalue weighted by molar-refractivity contribution is -0.114. The van der Waals surface area contributed by atoms with Crippen LogP contribution in [0.4, 0.5) is 11.4 Å². The molecule has 0 unspecified atom stereocenters. The molecule has 7 nitrogen and oxygen atoms in total. The minimum Gasteiger partial charge on any atom is -0.465 e. The van der Waals surface area contributed by atoms with Crippen molar-refractivity contribution in [2.24, 2.45) is 0 Å². The summed E-state index contributed by atoms with van der Waals surface area (Å²) in [7, 11) is 0. The van der Waals surface area contributed by atoms with Crippen molar-refractivity contribution in [3.8, 4) is 0 Å². The van der Waals surface area contributed by atoms with Crippen LogP contribution >= 0.6 is 11.8 Å². The van der Waals surface area contributed by atoms with Crippen LogP contribution in [0.3, 0.4) is 0 Å². The summed E-state index contributed by atoms with van der Waals surface area (Å²) in [4.78, 5) is 39.1. The highest BCUT2D eigenvalue weighted by Gasteiger charge is 2.16. The molecular weight excluding hydrogens is 498 g/mol. The van der Waals surface area contributed by atoms with Gasteiger partial charge < -0.3 is 20.4 Å². The van der Waals surface area contributed by atoms with Gasteiger partial charge in [-0.2, -0.15) is 0 Å². The van der Waals surface area contributed by atoms with Crippen LogP contribution in [-0.4, -0.2) is 23.5 Å². The lowest BCUT2D eigenvalue weighted by Crippen LogP contribution is -2.30. The maximum Gasteiger partial charge on any atom is 0.272 e. The van der Waals surface area contributed by atoms with E-state index >= 15 is 0 Å². The molecule has 3 N–H and O–H groups in total. The van der Waals surface area contributed by atoms with Crippen LogP contribution in [0.5, 0.6) is 0 Å². The second kappa shape index (κ2) is 12.6. The minimum absolute atomic E-state index is 0.0275. The lowest BCUT2D eigenvalue weighted by Gasteiger charge is -2.12. The van der Waals surface area contributed by atoms with E-state index in [-0.39, 0.29) is 17.4 Å². The van der Waals surface area contributed by atoms with E-state index in [4.69, 9.17) is 4.42 Å². The number of thioether (sulfide) groups is 1. The van der Waals surface area contributed by atoms with E-state index in [1.54, 1.807) is 60.7 Å². The summed E-state index contributed by atoms with van der Waals surface area (Å²) >= 11 is 1.35. The van der Waals surface area contributed by atoms with Gasteiger partial charge in [-0.1, -0.05) is 30.3 Å². The van der Waals surface area contributed by atoms with Gasteiger partial charge in [0, 0.05) is 27.9 Å². The van der Waals surface area contributed by atoms with Crippen molar-refractivity contribution in [3.63, 3.8) is 0 Å². The molecule has 0 spiro atoms. The fourth-order valence-electron chi connectivity index (χ4n) is 3.71. The van der Waals surface area contributed by atoms with Gasteiger partial charge in [0.15, 0.2) is 0 Å². The molecule has 38 heavy (non-hydrogen) atoms. The van der Waals surface area contributed by atoms with E-state index < -0.39 is 11.8 Å². The summed E-state index contributed by atoms with van der Waals surface area (Å²) in [6.07, 6.45) is 2.95. The van der Waals surface area contributed by atoms with Gasteiger partial charge >= 0.3 is 0 Å². The van der Waals surface area contributed by atoms with E-state index in [0.717, 1.165) is 21.7 Å². The van der Waals surface area contributed by atoms with E-state index in [0.29, 0.717) is 17.0 Å². The van der Waals surface area contributed by atoms with Crippen LogP contribution in [0.2, 0.25) is 0 Å². The smallest absolute Gasteiger partial charge is 0.272 e. The molecule has 0 aliphatic heterocycles. The van der Waals surface area contributed by atoms with E-state index in [2.05, 4.69) is 16.0 Å². The van der Waals surface area contributed by atoms with Crippen LogP contribution in [0.15, 0.2) is 106 Å². The molecule has 0 aliphatic rings. The molecule has 0 atom stereocenters. The molecule has 1 heterocycles. The predicted molar refractivity (Wildman–Crippen MR) is 151 cm³/mol. The number of nitrogens with one attached hydrogen (secondary N) is 3. The fourth-order valence-corrected chi connectivity index (χ4v) is 4.47. The minimum atomic E-state index is -0.514. The van der Waals surface area contributed by atoms with Gasteiger partial charge in [-0.3, -0.25) is 14.4 Å². The Kier molecular flexibility index (Phi) is 8.79. The number of hydrogen-bond donors (Lipinski definition) is 3. The van der Waals surface area contributed by atoms with E-state index in [1.807, 2.05) is 38.1 Å². The summed E-state index contributed by atoms with van der Waals surface area (Å²) in [5.41, 5.74) is 3.90. The van der Waals surface area contributed by atoms with Crippen LogP contribution in [0, 0.1) is 13.8 Å². The number of rotatable bonds is 9. The third-order valence-electron chi connectivity index (χ3n) is 5.33. The van der Waals surface area contributed by atoms with Crippen molar-refractivity contribution in [1.29, 1.82) is 0 Å².